The lowest BCUT2D eigenvalue weighted by atomic mass is 9.93. The highest BCUT2D eigenvalue weighted by Crippen LogP contribution is 2.38. The lowest BCUT2D eigenvalue weighted by Gasteiger charge is -2.30. The third kappa shape index (κ3) is 4.09. The molecule has 0 radical (unpaired) electrons. The van der Waals surface area contributed by atoms with Crippen LogP contribution in [0.5, 0.6) is 0 Å². The van der Waals surface area contributed by atoms with Gasteiger partial charge in [-0.1, -0.05) is 6.08 Å². The Hall–Kier alpha value is -2.51. The zero-order valence-electron chi connectivity index (χ0n) is 15.4. The summed E-state index contributed by atoms with van der Waals surface area (Å²) in [5.41, 5.74) is -0.602. The van der Waals surface area contributed by atoms with Crippen LogP contribution in [0, 0.1) is 0 Å². The molecule has 1 aromatic rings. The van der Waals surface area contributed by atoms with E-state index in [9.17, 15) is 22.8 Å². The number of hydrogen-bond donors (Lipinski definition) is 1. The predicted octanol–water partition coefficient (Wildman–Crippen LogP) is 3.97. The van der Waals surface area contributed by atoms with E-state index in [4.69, 9.17) is 4.74 Å². The minimum atomic E-state index is -4.56. The predicted molar refractivity (Wildman–Crippen MR) is 93.0 cm³/mol. The van der Waals surface area contributed by atoms with Gasteiger partial charge < -0.3 is 15.0 Å². The van der Waals surface area contributed by atoms with Crippen LogP contribution in [0.3, 0.4) is 0 Å². The van der Waals surface area contributed by atoms with Crippen molar-refractivity contribution in [1.29, 1.82) is 0 Å². The second kappa shape index (κ2) is 6.58. The first kappa shape index (κ1) is 19.3. The summed E-state index contributed by atoms with van der Waals surface area (Å²) in [6.45, 7) is 5.68. The van der Waals surface area contributed by atoms with Crippen LogP contribution >= 0.6 is 0 Å². The molecule has 0 aromatic heterocycles. The lowest BCUT2D eigenvalue weighted by molar-refractivity contribution is -0.138. The van der Waals surface area contributed by atoms with Crippen LogP contribution in [-0.2, 0) is 17.5 Å². The molecule has 0 fully saturated rings. The third-order valence-corrected chi connectivity index (χ3v) is 4.40. The molecule has 0 aliphatic carbocycles. The number of nitrogens with one attached hydrogen (secondary N) is 1. The molecular weight excluding hydrogens is 361 g/mol. The second-order valence-corrected chi connectivity index (χ2v) is 7.65. The first-order valence-electron chi connectivity index (χ1n) is 8.65. The third-order valence-electron chi connectivity index (χ3n) is 4.40. The molecule has 2 amide bonds. The average Bonchev–Trinajstić information content (AvgIpc) is 2.93. The number of ether oxygens (including phenoxy) is 1. The van der Waals surface area contributed by atoms with Gasteiger partial charge in [0.1, 0.15) is 5.60 Å². The van der Waals surface area contributed by atoms with Crippen molar-refractivity contribution in [2.24, 2.45) is 0 Å². The Balaban J connectivity index is 1.93. The Morgan fingerprint density at radius 2 is 1.93 bits per heavy atom. The van der Waals surface area contributed by atoms with Gasteiger partial charge in [0.05, 0.1) is 5.56 Å². The fourth-order valence-corrected chi connectivity index (χ4v) is 3.20. The molecule has 3 rings (SSSR count). The largest absolute Gasteiger partial charge is 0.444 e. The van der Waals surface area contributed by atoms with Crippen LogP contribution in [-0.4, -0.2) is 35.6 Å². The Bertz CT molecular complexity index is 823. The maximum atomic E-state index is 13.5. The van der Waals surface area contributed by atoms with E-state index in [1.165, 1.54) is 11.0 Å². The number of hydrogen-bond acceptors (Lipinski definition) is 3. The van der Waals surface area contributed by atoms with E-state index in [0.29, 0.717) is 24.1 Å². The zero-order chi connectivity index (χ0) is 20.0. The van der Waals surface area contributed by atoms with Crippen molar-refractivity contribution < 1.29 is 27.5 Å². The summed E-state index contributed by atoms with van der Waals surface area (Å²) in [5.74, 6) is -0.516. The van der Waals surface area contributed by atoms with E-state index in [1.54, 1.807) is 26.8 Å². The van der Waals surface area contributed by atoms with Crippen molar-refractivity contribution in [1.82, 2.24) is 10.2 Å². The molecule has 0 bridgehead atoms. The molecule has 0 saturated carbocycles. The van der Waals surface area contributed by atoms with Crippen molar-refractivity contribution in [3.63, 3.8) is 0 Å². The molecule has 1 N–H and O–H groups in total. The molecule has 0 unspecified atom stereocenters. The SMILES string of the molecule is CC(C)(C)OC(=O)N1CCC=C(c2cc3c(c(C(F)(F)F)c2)CNC3=O)C1. The Morgan fingerprint density at radius 1 is 1.22 bits per heavy atom. The summed E-state index contributed by atoms with van der Waals surface area (Å²) in [6, 6.07) is 2.53. The number of carbonyl (C=O) groups is 2. The van der Waals surface area contributed by atoms with E-state index in [0.717, 1.165) is 6.07 Å². The molecule has 8 heteroatoms. The first-order chi connectivity index (χ1) is 12.5. The summed E-state index contributed by atoms with van der Waals surface area (Å²) < 4.78 is 45.7. The summed E-state index contributed by atoms with van der Waals surface area (Å²) in [5, 5.41) is 2.44. The van der Waals surface area contributed by atoms with Gasteiger partial charge in [-0.05, 0) is 56.0 Å². The van der Waals surface area contributed by atoms with Crippen LogP contribution < -0.4 is 5.32 Å². The maximum absolute atomic E-state index is 13.5. The average molecular weight is 382 g/mol. The van der Waals surface area contributed by atoms with E-state index in [2.05, 4.69) is 5.32 Å². The normalized spacial score (nSPS) is 17.3. The van der Waals surface area contributed by atoms with Gasteiger partial charge in [-0.2, -0.15) is 13.2 Å². The van der Waals surface area contributed by atoms with Gasteiger partial charge in [-0.15, -0.1) is 0 Å². The fraction of sp³-hybridized carbons (Fsp3) is 0.474. The number of rotatable bonds is 1. The monoisotopic (exact) mass is 382 g/mol. The van der Waals surface area contributed by atoms with Gasteiger partial charge in [0.25, 0.3) is 5.91 Å². The molecule has 27 heavy (non-hydrogen) atoms. The molecule has 0 atom stereocenters. The van der Waals surface area contributed by atoms with Gasteiger partial charge >= 0.3 is 12.3 Å². The fourth-order valence-electron chi connectivity index (χ4n) is 3.20. The van der Waals surface area contributed by atoms with Crippen molar-refractivity contribution >= 4 is 17.6 Å². The first-order valence-corrected chi connectivity index (χ1v) is 8.65. The quantitative estimate of drug-likeness (QED) is 0.800. The van der Waals surface area contributed by atoms with Crippen LogP contribution in [0.4, 0.5) is 18.0 Å². The number of fused-ring (bicyclic) bond motifs is 1. The van der Waals surface area contributed by atoms with Crippen molar-refractivity contribution in [3.05, 3.63) is 40.5 Å². The lowest BCUT2D eigenvalue weighted by Crippen LogP contribution is -2.39. The van der Waals surface area contributed by atoms with Gasteiger partial charge in [-0.3, -0.25) is 4.79 Å². The number of alkyl halides is 3. The number of benzene rings is 1. The second-order valence-electron chi connectivity index (χ2n) is 7.65. The molecule has 0 saturated heterocycles. The van der Waals surface area contributed by atoms with Crippen LogP contribution in [0.15, 0.2) is 18.2 Å². The highest BCUT2D eigenvalue weighted by Gasteiger charge is 2.38. The number of amides is 2. The summed E-state index contributed by atoms with van der Waals surface area (Å²) in [4.78, 5) is 25.7. The molecule has 5 nitrogen and oxygen atoms in total. The summed E-state index contributed by atoms with van der Waals surface area (Å²) >= 11 is 0. The standard InChI is InChI=1S/C19H21F3N2O3/c1-18(2,3)27-17(26)24-6-4-5-11(10-24)12-7-13-14(9-23-16(13)25)15(8-12)19(20,21)22/h5,7-8H,4,6,9-10H2,1-3H3,(H,23,25). The Morgan fingerprint density at radius 3 is 2.56 bits per heavy atom. The van der Waals surface area contributed by atoms with Crippen molar-refractivity contribution in [2.75, 3.05) is 13.1 Å². The van der Waals surface area contributed by atoms with Gasteiger partial charge in [0, 0.05) is 25.2 Å². The molecule has 2 heterocycles. The van der Waals surface area contributed by atoms with Crippen LogP contribution in [0.25, 0.3) is 5.57 Å². The van der Waals surface area contributed by atoms with E-state index < -0.39 is 29.3 Å². The molecule has 2 aliphatic rings. The minimum absolute atomic E-state index is 0.0309. The zero-order valence-corrected chi connectivity index (χ0v) is 15.4. The van der Waals surface area contributed by atoms with Crippen molar-refractivity contribution in [3.8, 4) is 0 Å². The molecule has 1 aromatic carbocycles. The molecular formula is C19H21F3N2O3. The van der Waals surface area contributed by atoms with E-state index in [1.807, 2.05) is 0 Å². The number of carbonyl (C=O) groups excluding carboxylic acids is 2. The summed E-state index contributed by atoms with van der Waals surface area (Å²) in [7, 11) is 0. The Labute approximate surface area is 155 Å². The van der Waals surface area contributed by atoms with Crippen LogP contribution in [0.1, 0.15) is 54.2 Å². The molecule has 0 spiro atoms. The van der Waals surface area contributed by atoms with E-state index in [-0.39, 0.29) is 24.2 Å². The number of nitrogens with zero attached hydrogens (tertiary/aromatic N) is 1. The highest BCUT2D eigenvalue weighted by molar-refractivity contribution is 5.99. The summed E-state index contributed by atoms with van der Waals surface area (Å²) in [6.07, 6.45) is -2.77. The molecule has 2 aliphatic heterocycles. The van der Waals surface area contributed by atoms with Crippen LogP contribution in [0.2, 0.25) is 0 Å². The van der Waals surface area contributed by atoms with Gasteiger partial charge in [-0.25, -0.2) is 4.79 Å². The molecule has 146 valence electrons. The Kier molecular flexibility index (Phi) is 4.69. The number of halogens is 3. The minimum Gasteiger partial charge on any atom is -0.444 e. The van der Waals surface area contributed by atoms with Crippen molar-refractivity contribution in [2.45, 2.75) is 45.5 Å². The van der Waals surface area contributed by atoms with Gasteiger partial charge in [0.15, 0.2) is 0 Å². The highest BCUT2D eigenvalue weighted by atomic mass is 19.4. The van der Waals surface area contributed by atoms with E-state index >= 15 is 0 Å². The maximum Gasteiger partial charge on any atom is 0.416 e. The topological polar surface area (TPSA) is 58.6 Å². The van der Waals surface area contributed by atoms with Gasteiger partial charge in [0.2, 0.25) is 0 Å². The smallest absolute Gasteiger partial charge is 0.416 e.